The van der Waals surface area contributed by atoms with E-state index < -0.39 is 36.0 Å². The predicted octanol–water partition coefficient (Wildman–Crippen LogP) is 1.54. The number of alkyl halides is 3. The molecule has 0 aliphatic carbocycles. The summed E-state index contributed by atoms with van der Waals surface area (Å²) >= 11 is 0. The molecule has 0 unspecified atom stereocenters. The van der Waals surface area contributed by atoms with E-state index in [1.54, 1.807) is 0 Å². The first-order valence-corrected chi connectivity index (χ1v) is 5.15. The van der Waals surface area contributed by atoms with Gasteiger partial charge in [0.25, 0.3) is 5.91 Å². The fourth-order valence-electron chi connectivity index (χ4n) is 1.20. The average Bonchev–Trinajstić information content (AvgIpc) is 2.35. The number of rotatable bonds is 3. The first-order chi connectivity index (χ1) is 8.84. The zero-order valence-electron chi connectivity index (χ0n) is 9.88. The van der Waals surface area contributed by atoms with Crippen molar-refractivity contribution >= 4 is 11.9 Å². The van der Waals surface area contributed by atoms with Crippen molar-refractivity contribution in [2.45, 2.75) is 6.18 Å². The van der Waals surface area contributed by atoms with Gasteiger partial charge in [-0.2, -0.15) is 13.2 Å². The summed E-state index contributed by atoms with van der Waals surface area (Å²) in [5, 5.41) is 3.99. The van der Waals surface area contributed by atoms with Crippen molar-refractivity contribution in [3.63, 3.8) is 0 Å². The van der Waals surface area contributed by atoms with Gasteiger partial charge in [-0.05, 0) is 12.1 Å². The third kappa shape index (κ3) is 4.49. The highest BCUT2D eigenvalue weighted by Gasteiger charge is 2.34. The maximum absolute atomic E-state index is 12.6. The average molecular weight is 276 g/mol. The number of carbonyl (C=O) groups excluding carboxylic acids is 2. The highest BCUT2D eigenvalue weighted by atomic mass is 19.4. The van der Waals surface area contributed by atoms with Crippen LogP contribution in [0.3, 0.4) is 0 Å². The van der Waals surface area contributed by atoms with Gasteiger partial charge in [-0.3, -0.25) is 10.1 Å². The number of halogens is 3. The lowest BCUT2D eigenvalue weighted by Crippen LogP contribution is -2.40. The molecule has 0 aromatic heterocycles. The summed E-state index contributed by atoms with van der Waals surface area (Å²) < 4.78 is 42.5. The summed E-state index contributed by atoms with van der Waals surface area (Å²) in [6.07, 6.45) is -4.58. The van der Waals surface area contributed by atoms with Gasteiger partial charge in [0.1, 0.15) is 5.75 Å². The molecule has 0 saturated heterocycles. The van der Waals surface area contributed by atoms with Crippen LogP contribution >= 0.6 is 0 Å². The summed E-state index contributed by atoms with van der Waals surface area (Å²) in [7, 11) is 1.29. The maximum atomic E-state index is 12.6. The van der Waals surface area contributed by atoms with Crippen LogP contribution in [0.2, 0.25) is 0 Å². The van der Waals surface area contributed by atoms with E-state index in [0.717, 1.165) is 12.1 Å². The fraction of sp³-hybridized carbons (Fsp3) is 0.273. The molecular formula is C11H11F3N2O3. The smallest absolute Gasteiger partial charge is 0.419 e. The Kier molecular flexibility index (Phi) is 4.74. The van der Waals surface area contributed by atoms with Crippen LogP contribution in [0.4, 0.5) is 18.0 Å². The molecule has 2 N–H and O–H groups in total. The number of hydrogen-bond donors (Lipinski definition) is 2. The second kappa shape index (κ2) is 6.07. The molecule has 0 aliphatic rings. The Morgan fingerprint density at radius 2 is 1.89 bits per heavy atom. The van der Waals surface area contributed by atoms with Crippen LogP contribution in [-0.4, -0.2) is 25.6 Å². The van der Waals surface area contributed by atoms with E-state index in [0.29, 0.717) is 0 Å². The van der Waals surface area contributed by atoms with Crippen LogP contribution in [0.25, 0.3) is 0 Å². The molecule has 1 aromatic carbocycles. The first kappa shape index (κ1) is 14.8. The van der Waals surface area contributed by atoms with Crippen LogP contribution in [0.1, 0.15) is 5.56 Å². The summed E-state index contributed by atoms with van der Waals surface area (Å²) in [4.78, 5) is 21.9. The van der Waals surface area contributed by atoms with E-state index in [-0.39, 0.29) is 0 Å². The Balaban J connectivity index is 2.68. The molecule has 0 atom stereocenters. The molecule has 0 radical (unpaired) electrons. The van der Waals surface area contributed by atoms with Crippen molar-refractivity contribution < 1.29 is 27.5 Å². The van der Waals surface area contributed by atoms with Crippen LogP contribution in [0.5, 0.6) is 5.75 Å². The van der Waals surface area contributed by atoms with Gasteiger partial charge in [-0.15, -0.1) is 0 Å². The summed E-state index contributed by atoms with van der Waals surface area (Å²) in [5.41, 5.74) is -0.984. The van der Waals surface area contributed by atoms with Crippen molar-refractivity contribution in [3.05, 3.63) is 29.8 Å². The fourth-order valence-corrected chi connectivity index (χ4v) is 1.20. The highest BCUT2D eigenvalue weighted by molar-refractivity contribution is 5.94. The van der Waals surface area contributed by atoms with Crippen molar-refractivity contribution in [2.24, 2.45) is 0 Å². The van der Waals surface area contributed by atoms with Crippen LogP contribution in [0.15, 0.2) is 24.3 Å². The number of nitrogens with one attached hydrogen (secondary N) is 2. The lowest BCUT2D eigenvalue weighted by molar-refractivity contribution is -0.139. The molecule has 104 valence electrons. The molecule has 8 heteroatoms. The van der Waals surface area contributed by atoms with Gasteiger partial charge in [0, 0.05) is 7.05 Å². The lowest BCUT2D eigenvalue weighted by atomic mass is 10.2. The highest BCUT2D eigenvalue weighted by Crippen LogP contribution is 2.35. The zero-order chi connectivity index (χ0) is 14.5. The standard InChI is InChI=1S/C11H11F3N2O3/c1-15-10(18)16-9(17)6-19-8-5-3-2-4-7(8)11(12,13)14/h2-5H,6H2,1H3,(H2,15,16,17,18). The van der Waals surface area contributed by atoms with Crippen molar-refractivity contribution in [1.29, 1.82) is 0 Å². The normalized spacial score (nSPS) is 10.7. The zero-order valence-corrected chi connectivity index (χ0v) is 9.88. The van der Waals surface area contributed by atoms with Crippen LogP contribution in [-0.2, 0) is 11.0 Å². The molecule has 1 aromatic rings. The van der Waals surface area contributed by atoms with E-state index in [4.69, 9.17) is 4.74 Å². The molecule has 0 heterocycles. The van der Waals surface area contributed by atoms with Crippen LogP contribution < -0.4 is 15.4 Å². The van der Waals surface area contributed by atoms with Gasteiger partial charge < -0.3 is 10.1 Å². The van der Waals surface area contributed by atoms with Crippen molar-refractivity contribution in [3.8, 4) is 5.75 Å². The predicted molar refractivity (Wildman–Crippen MR) is 59.5 cm³/mol. The van der Waals surface area contributed by atoms with Gasteiger partial charge in [0.15, 0.2) is 6.61 Å². The molecule has 0 spiro atoms. The summed E-state index contributed by atoms with van der Waals surface area (Å²) in [5.74, 6) is -1.32. The van der Waals surface area contributed by atoms with E-state index in [2.05, 4.69) is 5.32 Å². The molecule has 0 saturated carbocycles. The van der Waals surface area contributed by atoms with Gasteiger partial charge in [-0.1, -0.05) is 12.1 Å². The van der Waals surface area contributed by atoms with Gasteiger partial charge in [-0.25, -0.2) is 4.79 Å². The van der Waals surface area contributed by atoms with Gasteiger partial charge in [0.05, 0.1) is 5.56 Å². The Morgan fingerprint density at radius 1 is 1.26 bits per heavy atom. The minimum absolute atomic E-state index is 0.470. The van der Waals surface area contributed by atoms with E-state index in [9.17, 15) is 22.8 Å². The van der Waals surface area contributed by atoms with E-state index in [1.807, 2.05) is 5.32 Å². The molecule has 0 bridgehead atoms. The molecule has 19 heavy (non-hydrogen) atoms. The van der Waals surface area contributed by atoms with Gasteiger partial charge in [0.2, 0.25) is 0 Å². The van der Waals surface area contributed by atoms with Gasteiger partial charge >= 0.3 is 12.2 Å². The Labute approximate surface area is 106 Å². The second-order valence-electron chi connectivity index (χ2n) is 3.41. The molecule has 5 nitrogen and oxygen atoms in total. The lowest BCUT2D eigenvalue weighted by Gasteiger charge is -2.13. The maximum Gasteiger partial charge on any atom is 0.419 e. The third-order valence-corrected chi connectivity index (χ3v) is 2.03. The molecule has 0 fully saturated rings. The van der Waals surface area contributed by atoms with Crippen LogP contribution in [0, 0.1) is 0 Å². The molecule has 1 rings (SSSR count). The number of para-hydroxylation sites is 1. The van der Waals surface area contributed by atoms with E-state index >= 15 is 0 Å². The quantitative estimate of drug-likeness (QED) is 0.880. The van der Waals surface area contributed by atoms with Crippen molar-refractivity contribution in [1.82, 2.24) is 10.6 Å². The number of ether oxygens (including phenoxy) is 1. The minimum atomic E-state index is -4.58. The number of carbonyl (C=O) groups is 2. The van der Waals surface area contributed by atoms with Crippen molar-refractivity contribution in [2.75, 3.05) is 13.7 Å². The Hall–Kier alpha value is -2.25. The Bertz CT molecular complexity index is 474. The first-order valence-electron chi connectivity index (χ1n) is 5.15. The number of imide groups is 1. The van der Waals surface area contributed by atoms with E-state index in [1.165, 1.54) is 19.2 Å². The SMILES string of the molecule is CNC(=O)NC(=O)COc1ccccc1C(F)(F)F. The Morgan fingerprint density at radius 3 is 2.47 bits per heavy atom. The second-order valence-corrected chi connectivity index (χ2v) is 3.41. The summed E-state index contributed by atoms with van der Waals surface area (Å²) in [6, 6.07) is 3.72. The monoisotopic (exact) mass is 276 g/mol. The topological polar surface area (TPSA) is 67.4 Å². The minimum Gasteiger partial charge on any atom is -0.483 e. The number of benzene rings is 1. The molecule has 3 amide bonds. The molecular weight excluding hydrogens is 265 g/mol. The number of hydrogen-bond acceptors (Lipinski definition) is 3. The molecule has 0 aliphatic heterocycles. The largest absolute Gasteiger partial charge is 0.483 e. The number of amides is 3. The third-order valence-electron chi connectivity index (χ3n) is 2.03. The summed E-state index contributed by atoms with van der Waals surface area (Å²) in [6.45, 7) is -0.694. The number of urea groups is 1.